The molecule has 17 heavy (non-hydrogen) atoms. The highest BCUT2D eigenvalue weighted by Crippen LogP contribution is 2.15. The Morgan fingerprint density at radius 2 is 1.59 bits per heavy atom. The second-order valence-electron chi connectivity index (χ2n) is 4.61. The molecule has 1 N–H and O–H groups in total. The van der Waals surface area contributed by atoms with Gasteiger partial charge in [-0.2, -0.15) is 0 Å². The first-order valence-corrected chi connectivity index (χ1v) is 5.17. The molecule has 0 fully saturated rings. The number of ether oxygens (including phenoxy) is 2. The van der Waals surface area contributed by atoms with Crippen LogP contribution in [-0.2, 0) is 23.9 Å². The Labute approximate surface area is 99.9 Å². The van der Waals surface area contributed by atoms with Crippen molar-refractivity contribution in [2.75, 3.05) is 7.11 Å². The lowest BCUT2D eigenvalue weighted by molar-refractivity contribution is -0.161. The van der Waals surface area contributed by atoms with E-state index in [0.717, 1.165) is 7.11 Å². The predicted molar refractivity (Wildman–Crippen MR) is 58.2 cm³/mol. The summed E-state index contributed by atoms with van der Waals surface area (Å²) in [5.74, 6) is -3.65. The fourth-order valence-corrected chi connectivity index (χ4v) is 1.12. The van der Waals surface area contributed by atoms with Crippen LogP contribution < -0.4 is 0 Å². The zero-order valence-corrected chi connectivity index (χ0v) is 10.5. The monoisotopic (exact) mass is 246 g/mol. The highest BCUT2D eigenvalue weighted by Gasteiger charge is 2.27. The van der Waals surface area contributed by atoms with Gasteiger partial charge in [0.05, 0.1) is 25.9 Å². The van der Waals surface area contributed by atoms with Gasteiger partial charge in [0, 0.05) is 0 Å². The summed E-state index contributed by atoms with van der Waals surface area (Å²) in [6, 6.07) is 0. The second kappa shape index (κ2) is 6.22. The maximum absolute atomic E-state index is 11.4. The molecule has 0 aromatic rings. The lowest BCUT2D eigenvalue weighted by Crippen LogP contribution is -2.28. The van der Waals surface area contributed by atoms with E-state index in [1.165, 1.54) is 0 Å². The van der Waals surface area contributed by atoms with Crippen LogP contribution in [0.2, 0.25) is 0 Å². The summed E-state index contributed by atoms with van der Waals surface area (Å²) < 4.78 is 9.34. The van der Waals surface area contributed by atoms with Gasteiger partial charge >= 0.3 is 17.9 Å². The van der Waals surface area contributed by atoms with Crippen molar-refractivity contribution in [1.29, 1.82) is 0 Å². The van der Waals surface area contributed by atoms with Gasteiger partial charge in [0.1, 0.15) is 5.60 Å². The van der Waals surface area contributed by atoms with Crippen molar-refractivity contribution >= 4 is 17.9 Å². The third-order valence-electron chi connectivity index (χ3n) is 1.82. The third-order valence-corrected chi connectivity index (χ3v) is 1.82. The minimum Gasteiger partial charge on any atom is -0.481 e. The molecule has 0 rings (SSSR count). The number of carbonyl (C=O) groups is 3. The average molecular weight is 246 g/mol. The summed E-state index contributed by atoms with van der Waals surface area (Å²) in [4.78, 5) is 33.2. The van der Waals surface area contributed by atoms with Gasteiger partial charge in [0.15, 0.2) is 0 Å². The van der Waals surface area contributed by atoms with E-state index in [1.54, 1.807) is 20.8 Å². The van der Waals surface area contributed by atoms with Crippen molar-refractivity contribution < 1.29 is 29.0 Å². The maximum Gasteiger partial charge on any atom is 0.307 e. The van der Waals surface area contributed by atoms with Gasteiger partial charge in [-0.3, -0.25) is 14.4 Å². The normalized spacial score (nSPS) is 12.7. The number of rotatable bonds is 5. The average Bonchev–Trinajstić information content (AvgIpc) is 2.13. The van der Waals surface area contributed by atoms with Gasteiger partial charge < -0.3 is 14.6 Å². The number of carboxylic acid groups (broad SMARTS) is 1. The van der Waals surface area contributed by atoms with E-state index in [0.29, 0.717) is 0 Å². The molecule has 0 saturated carbocycles. The van der Waals surface area contributed by atoms with Crippen molar-refractivity contribution in [3.05, 3.63) is 0 Å². The Hall–Kier alpha value is -1.59. The zero-order valence-electron chi connectivity index (χ0n) is 10.5. The predicted octanol–water partition coefficient (Wildman–Crippen LogP) is 0.982. The lowest BCUT2D eigenvalue weighted by atomic mass is 10.0. The van der Waals surface area contributed by atoms with Gasteiger partial charge in [-0.15, -0.1) is 0 Å². The Morgan fingerprint density at radius 3 is 1.94 bits per heavy atom. The molecule has 0 heterocycles. The fraction of sp³-hybridized carbons (Fsp3) is 0.727. The number of esters is 2. The van der Waals surface area contributed by atoms with Crippen LogP contribution in [0.1, 0.15) is 33.6 Å². The van der Waals surface area contributed by atoms with Crippen molar-refractivity contribution in [1.82, 2.24) is 0 Å². The van der Waals surface area contributed by atoms with Crippen LogP contribution in [0.5, 0.6) is 0 Å². The number of hydrogen-bond acceptors (Lipinski definition) is 5. The van der Waals surface area contributed by atoms with E-state index in [9.17, 15) is 14.4 Å². The maximum atomic E-state index is 11.4. The van der Waals surface area contributed by atoms with Crippen molar-refractivity contribution in [2.45, 2.75) is 39.2 Å². The van der Waals surface area contributed by atoms with E-state index in [4.69, 9.17) is 9.84 Å². The first-order valence-electron chi connectivity index (χ1n) is 5.17. The number of aliphatic carboxylic acids is 1. The highest BCUT2D eigenvalue weighted by molar-refractivity contribution is 5.83. The van der Waals surface area contributed by atoms with Gasteiger partial charge in [0.2, 0.25) is 0 Å². The molecular weight excluding hydrogens is 228 g/mol. The molecule has 0 saturated heterocycles. The second-order valence-corrected chi connectivity index (χ2v) is 4.61. The van der Waals surface area contributed by atoms with Crippen LogP contribution in [-0.4, -0.2) is 35.7 Å². The minimum atomic E-state index is -1.22. The molecule has 0 amide bonds. The Kier molecular flexibility index (Phi) is 5.64. The molecule has 98 valence electrons. The third kappa shape index (κ3) is 7.32. The SMILES string of the molecule is COC(=O)C[C@@H](CC(=O)OC(C)(C)C)C(=O)O. The number of carboxylic acids is 1. The molecule has 1 atom stereocenters. The summed E-state index contributed by atoms with van der Waals surface area (Å²) in [6.45, 7) is 5.04. The Bertz CT molecular complexity index is 302. The molecule has 6 heteroatoms. The minimum absolute atomic E-state index is 0.342. The highest BCUT2D eigenvalue weighted by atomic mass is 16.6. The van der Waals surface area contributed by atoms with Gasteiger partial charge in [0.25, 0.3) is 0 Å². The summed E-state index contributed by atoms with van der Waals surface area (Å²) in [7, 11) is 1.16. The molecule has 0 aliphatic carbocycles. The molecule has 0 aromatic carbocycles. The van der Waals surface area contributed by atoms with E-state index in [-0.39, 0.29) is 12.8 Å². The zero-order chi connectivity index (χ0) is 13.6. The quantitative estimate of drug-likeness (QED) is 0.727. The van der Waals surface area contributed by atoms with Crippen molar-refractivity contribution in [2.24, 2.45) is 5.92 Å². The summed E-state index contributed by atoms with van der Waals surface area (Å²) in [6.07, 6.45) is -0.688. The molecular formula is C11H18O6. The topological polar surface area (TPSA) is 89.9 Å². The van der Waals surface area contributed by atoms with E-state index in [1.807, 2.05) is 0 Å². The first-order chi connectivity index (χ1) is 7.65. The summed E-state index contributed by atoms with van der Waals surface area (Å²) >= 11 is 0. The summed E-state index contributed by atoms with van der Waals surface area (Å²) in [5, 5.41) is 8.85. The molecule has 0 aliphatic heterocycles. The number of carbonyl (C=O) groups excluding carboxylic acids is 2. The van der Waals surface area contributed by atoms with Crippen LogP contribution >= 0.6 is 0 Å². The smallest absolute Gasteiger partial charge is 0.307 e. The van der Waals surface area contributed by atoms with Crippen molar-refractivity contribution in [3.63, 3.8) is 0 Å². The summed E-state index contributed by atoms with van der Waals surface area (Å²) in [5.41, 5.74) is -0.675. The first kappa shape index (κ1) is 15.4. The van der Waals surface area contributed by atoms with E-state index >= 15 is 0 Å². The Morgan fingerprint density at radius 1 is 1.12 bits per heavy atom. The number of methoxy groups -OCH3 is 1. The van der Waals surface area contributed by atoms with Crippen molar-refractivity contribution in [3.8, 4) is 0 Å². The molecule has 0 unspecified atom stereocenters. The van der Waals surface area contributed by atoms with Gasteiger partial charge in [-0.25, -0.2) is 0 Å². The van der Waals surface area contributed by atoms with E-state index in [2.05, 4.69) is 4.74 Å². The molecule has 0 aliphatic rings. The van der Waals surface area contributed by atoms with Crippen LogP contribution in [0.3, 0.4) is 0 Å². The van der Waals surface area contributed by atoms with Gasteiger partial charge in [-0.05, 0) is 20.8 Å². The fourth-order valence-electron chi connectivity index (χ4n) is 1.12. The number of hydrogen-bond donors (Lipinski definition) is 1. The van der Waals surface area contributed by atoms with Crippen LogP contribution in [0.25, 0.3) is 0 Å². The molecule has 0 radical (unpaired) electrons. The van der Waals surface area contributed by atoms with E-state index < -0.39 is 29.4 Å². The standard InChI is InChI=1S/C11H18O6/c1-11(2,3)17-9(13)6-7(10(14)15)5-8(12)16-4/h7H,5-6H2,1-4H3,(H,14,15)/t7-/m0/s1. The molecule has 0 spiro atoms. The largest absolute Gasteiger partial charge is 0.481 e. The van der Waals surface area contributed by atoms with Crippen LogP contribution in [0.4, 0.5) is 0 Å². The molecule has 6 nitrogen and oxygen atoms in total. The lowest BCUT2D eigenvalue weighted by Gasteiger charge is -2.20. The Balaban J connectivity index is 4.41. The molecule has 0 bridgehead atoms. The van der Waals surface area contributed by atoms with Gasteiger partial charge in [-0.1, -0.05) is 0 Å². The van der Waals surface area contributed by atoms with Crippen LogP contribution in [0, 0.1) is 5.92 Å². The van der Waals surface area contributed by atoms with Crippen LogP contribution in [0.15, 0.2) is 0 Å². The molecule has 0 aromatic heterocycles.